The Balaban J connectivity index is 1.90. The molecule has 0 saturated heterocycles. The second kappa shape index (κ2) is 9.69. The Morgan fingerprint density at radius 1 is 0.967 bits per heavy atom. The summed E-state index contributed by atoms with van der Waals surface area (Å²) < 4.78 is 34.0. The van der Waals surface area contributed by atoms with E-state index in [1.54, 1.807) is 19.1 Å². The Morgan fingerprint density at radius 2 is 1.67 bits per heavy atom. The van der Waals surface area contributed by atoms with Gasteiger partial charge in [-0.2, -0.15) is 0 Å². The normalized spacial score (nSPS) is 11.0. The SMILES string of the molecule is CCC(=O)Nc1cc(S(=O)(=O)Nc2ccccc2Sc2ccccc2)ccc1OC. The minimum Gasteiger partial charge on any atom is -0.495 e. The second-order valence-electron chi connectivity index (χ2n) is 6.28. The van der Waals surface area contributed by atoms with Crippen molar-refractivity contribution >= 4 is 39.1 Å². The molecule has 8 heteroatoms. The van der Waals surface area contributed by atoms with Gasteiger partial charge in [-0.3, -0.25) is 9.52 Å². The Morgan fingerprint density at radius 3 is 2.37 bits per heavy atom. The number of nitrogens with one attached hydrogen (secondary N) is 2. The predicted molar refractivity (Wildman–Crippen MR) is 120 cm³/mol. The van der Waals surface area contributed by atoms with Crippen LogP contribution in [-0.4, -0.2) is 21.4 Å². The van der Waals surface area contributed by atoms with Gasteiger partial charge in [-0.15, -0.1) is 0 Å². The zero-order valence-corrected chi connectivity index (χ0v) is 18.2. The fourth-order valence-electron chi connectivity index (χ4n) is 2.65. The van der Waals surface area contributed by atoms with Crippen LogP contribution < -0.4 is 14.8 Å². The highest BCUT2D eigenvalue weighted by molar-refractivity contribution is 7.99. The van der Waals surface area contributed by atoms with E-state index in [4.69, 9.17) is 4.74 Å². The van der Waals surface area contributed by atoms with Gasteiger partial charge in [0.25, 0.3) is 10.0 Å². The highest BCUT2D eigenvalue weighted by Gasteiger charge is 2.19. The lowest BCUT2D eigenvalue weighted by atomic mass is 10.3. The van der Waals surface area contributed by atoms with Gasteiger partial charge in [-0.25, -0.2) is 8.42 Å². The summed E-state index contributed by atoms with van der Waals surface area (Å²) in [5, 5.41) is 2.67. The van der Waals surface area contributed by atoms with Crippen LogP contribution in [0.4, 0.5) is 11.4 Å². The quantitative estimate of drug-likeness (QED) is 0.513. The number of amides is 1. The number of sulfonamides is 1. The molecule has 0 spiro atoms. The lowest BCUT2D eigenvalue weighted by molar-refractivity contribution is -0.115. The van der Waals surface area contributed by atoms with Crippen LogP contribution in [0.3, 0.4) is 0 Å². The molecule has 3 aromatic carbocycles. The first-order valence-corrected chi connectivity index (χ1v) is 11.6. The van der Waals surface area contributed by atoms with Gasteiger partial charge in [0, 0.05) is 16.2 Å². The average molecular weight is 443 g/mol. The summed E-state index contributed by atoms with van der Waals surface area (Å²) in [5.41, 5.74) is 0.778. The van der Waals surface area contributed by atoms with E-state index in [-0.39, 0.29) is 17.2 Å². The van der Waals surface area contributed by atoms with Crippen molar-refractivity contribution in [3.8, 4) is 5.75 Å². The van der Waals surface area contributed by atoms with Gasteiger partial charge in [0.05, 0.1) is 23.4 Å². The fourth-order valence-corrected chi connectivity index (χ4v) is 4.74. The molecule has 0 aliphatic rings. The maximum absolute atomic E-state index is 13.0. The van der Waals surface area contributed by atoms with Crippen LogP contribution in [-0.2, 0) is 14.8 Å². The highest BCUT2D eigenvalue weighted by atomic mass is 32.2. The van der Waals surface area contributed by atoms with Crippen LogP contribution in [0.2, 0.25) is 0 Å². The first-order chi connectivity index (χ1) is 14.4. The van der Waals surface area contributed by atoms with Crippen LogP contribution in [0.1, 0.15) is 13.3 Å². The lowest BCUT2D eigenvalue weighted by Gasteiger charge is -2.15. The minimum atomic E-state index is -3.89. The van der Waals surface area contributed by atoms with E-state index in [0.29, 0.717) is 17.1 Å². The van der Waals surface area contributed by atoms with Crippen molar-refractivity contribution in [2.75, 3.05) is 17.1 Å². The number of carbonyl (C=O) groups is 1. The number of benzene rings is 3. The molecule has 2 N–H and O–H groups in total. The summed E-state index contributed by atoms with van der Waals surface area (Å²) in [4.78, 5) is 13.6. The van der Waals surface area contributed by atoms with Gasteiger partial charge in [0.15, 0.2) is 0 Å². The van der Waals surface area contributed by atoms with E-state index >= 15 is 0 Å². The molecule has 0 heterocycles. The van der Waals surface area contributed by atoms with Crippen LogP contribution in [0.25, 0.3) is 0 Å². The van der Waals surface area contributed by atoms with Gasteiger partial charge in [-0.05, 0) is 42.5 Å². The molecule has 0 atom stereocenters. The fraction of sp³-hybridized carbons (Fsp3) is 0.136. The number of anilines is 2. The lowest BCUT2D eigenvalue weighted by Crippen LogP contribution is -2.15. The zero-order chi connectivity index (χ0) is 21.6. The minimum absolute atomic E-state index is 0.0224. The standard InChI is InChI=1S/C22H22N2O4S2/c1-3-22(25)23-19-15-17(13-14-20(19)28-2)30(26,27)24-18-11-7-8-12-21(18)29-16-9-5-4-6-10-16/h4-15,24H,3H2,1-2H3,(H,23,25). The van der Waals surface area contributed by atoms with Crippen molar-refractivity contribution in [1.82, 2.24) is 0 Å². The van der Waals surface area contributed by atoms with Gasteiger partial charge < -0.3 is 10.1 Å². The number of para-hydroxylation sites is 1. The van der Waals surface area contributed by atoms with E-state index < -0.39 is 10.0 Å². The predicted octanol–water partition coefficient (Wildman–Crippen LogP) is 5.00. The molecule has 30 heavy (non-hydrogen) atoms. The highest BCUT2D eigenvalue weighted by Crippen LogP contribution is 2.35. The van der Waals surface area contributed by atoms with Gasteiger partial charge in [-0.1, -0.05) is 49.0 Å². The zero-order valence-electron chi connectivity index (χ0n) is 16.6. The largest absolute Gasteiger partial charge is 0.495 e. The molecule has 0 aliphatic heterocycles. The van der Waals surface area contributed by atoms with E-state index in [1.807, 2.05) is 42.5 Å². The number of methoxy groups -OCH3 is 1. The van der Waals surface area contributed by atoms with E-state index in [1.165, 1.54) is 37.1 Å². The maximum Gasteiger partial charge on any atom is 0.262 e. The first-order valence-electron chi connectivity index (χ1n) is 9.25. The summed E-state index contributed by atoms with van der Waals surface area (Å²) in [6.45, 7) is 1.71. The smallest absolute Gasteiger partial charge is 0.262 e. The molecule has 156 valence electrons. The van der Waals surface area contributed by atoms with Crippen LogP contribution in [0.15, 0.2) is 87.5 Å². The number of ether oxygens (including phenoxy) is 1. The topological polar surface area (TPSA) is 84.5 Å². The van der Waals surface area contributed by atoms with Gasteiger partial charge in [0.2, 0.25) is 5.91 Å². The van der Waals surface area contributed by atoms with Crippen molar-refractivity contribution in [1.29, 1.82) is 0 Å². The van der Waals surface area contributed by atoms with E-state index in [9.17, 15) is 13.2 Å². The molecule has 6 nitrogen and oxygen atoms in total. The maximum atomic E-state index is 13.0. The van der Waals surface area contributed by atoms with Crippen molar-refractivity contribution < 1.29 is 17.9 Å². The Labute approximate surface area is 180 Å². The molecule has 0 unspecified atom stereocenters. The first kappa shape index (κ1) is 21.7. The third-order valence-electron chi connectivity index (χ3n) is 4.18. The van der Waals surface area contributed by atoms with Crippen molar-refractivity contribution in [2.45, 2.75) is 28.0 Å². The molecule has 0 aromatic heterocycles. The summed E-state index contributed by atoms with van der Waals surface area (Å²) >= 11 is 1.47. The molecule has 0 radical (unpaired) electrons. The monoisotopic (exact) mass is 442 g/mol. The second-order valence-corrected chi connectivity index (χ2v) is 9.08. The molecular weight excluding hydrogens is 420 g/mol. The summed E-state index contributed by atoms with van der Waals surface area (Å²) in [6, 6.07) is 21.3. The van der Waals surface area contributed by atoms with Crippen molar-refractivity contribution in [2.24, 2.45) is 0 Å². The molecule has 3 aromatic rings. The number of carbonyl (C=O) groups excluding carboxylic acids is 1. The number of hydrogen-bond acceptors (Lipinski definition) is 5. The molecule has 0 saturated carbocycles. The van der Waals surface area contributed by atoms with Crippen LogP contribution in [0.5, 0.6) is 5.75 Å². The Hall–Kier alpha value is -2.97. The third-order valence-corrected chi connectivity index (χ3v) is 6.63. The molecule has 0 fully saturated rings. The van der Waals surface area contributed by atoms with Crippen molar-refractivity contribution in [3.05, 3.63) is 72.8 Å². The Bertz CT molecular complexity index is 1130. The third kappa shape index (κ3) is 5.34. The molecule has 3 rings (SSSR count). The van der Waals surface area contributed by atoms with Crippen LogP contribution in [0, 0.1) is 0 Å². The molecular formula is C22H22N2O4S2. The summed E-state index contributed by atoms with van der Waals surface area (Å²) in [6.07, 6.45) is 0.266. The average Bonchev–Trinajstić information content (AvgIpc) is 2.75. The number of hydrogen-bond donors (Lipinski definition) is 2. The van der Waals surface area contributed by atoms with Gasteiger partial charge >= 0.3 is 0 Å². The summed E-state index contributed by atoms with van der Waals surface area (Å²) in [7, 11) is -2.43. The molecule has 0 aliphatic carbocycles. The molecule has 1 amide bonds. The van der Waals surface area contributed by atoms with Crippen LogP contribution >= 0.6 is 11.8 Å². The number of rotatable bonds is 8. The van der Waals surface area contributed by atoms with Crippen molar-refractivity contribution in [3.63, 3.8) is 0 Å². The van der Waals surface area contributed by atoms with E-state index in [2.05, 4.69) is 10.0 Å². The summed E-state index contributed by atoms with van der Waals surface area (Å²) in [5.74, 6) is 0.149. The van der Waals surface area contributed by atoms with Gasteiger partial charge in [0.1, 0.15) is 5.75 Å². The molecule has 0 bridgehead atoms. The Kier molecular flexibility index (Phi) is 7.02. The van der Waals surface area contributed by atoms with E-state index in [0.717, 1.165) is 9.79 Å².